The van der Waals surface area contributed by atoms with Crippen LogP contribution >= 0.6 is 11.6 Å². The van der Waals surface area contributed by atoms with Gasteiger partial charge >= 0.3 is 6.03 Å². The van der Waals surface area contributed by atoms with Crippen molar-refractivity contribution in [2.24, 2.45) is 0 Å². The van der Waals surface area contributed by atoms with Gasteiger partial charge in [-0.25, -0.2) is 13.6 Å². The number of anilines is 1. The Balaban J connectivity index is 1.83. The predicted molar refractivity (Wildman–Crippen MR) is 91.6 cm³/mol. The molecule has 134 valence electrons. The van der Waals surface area contributed by atoms with Crippen molar-refractivity contribution in [3.63, 3.8) is 0 Å². The smallest absolute Gasteiger partial charge is 0.319 e. The molecule has 0 aromatic heterocycles. The lowest BCUT2D eigenvalue weighted by molar-refractivity contribution is 0.247. The van der Waals surface area contributed by atoms with Crippen molar-refractivity contribution < 1.29 is 23.0 Å². The predicted octanol–water partition coefficient (Wildman–Crippen LogP) is 4.14. The Morgan fingerprint density at radius 1 is 1.20 bits per heavy atom. The third kappa shape index (κ3) is 5.22. The second-order valence-corrected chi connectivity index (χ2v) is 5.51. The van der Waals surface area contributed by atoms with E-state index in [1.54, 1.807) is 19.1 Å². The van der Waals surface area contributed by atoms with Crippen LogP contribution in [0.3, 0.4) is 0 Å². The quantitative estimate of drug-likeness (QED) is 0.751. The largest absolute Gasteiger partial charge is 0.495 e. The molecular formula is C17H17ClF2N2O3. The number of rotatable bonds is 6. The van der Waals surface area contributed by atoms with Crippen LogP contribution in [0, 0.1) is 18.6 Å². The number of urea groups is 1. The molecule has 0 radical (unpaired) electrons. The Morgan fingerprint density at radius 3 is 2.64 bits per heavy atom. The number of benzene rings is 2. The lowest BCUT2D eigenvalue weighted by atomic mass is 10.2. The number of carbonyl (C=O) groups is 1. The molecule has 2 aromatic rings. The summed E-state index contributed by atoms with van der Waals surface area (Å²) in [5.74, 6) is -1.33. The maximum atomic E-state index is 13.0. The van der Waals surface area contributed by atoms with Gasteiger partial charge in [0.15, 0.2) is 11.6 Å². The Hall–Kier alpha value is -2.54. The number of halogens is 3. The van der Waals surface area contributed by atoms with Crippen molar-refractivity contribution in [1.29, 1.82) is 0 Å². The van der Waals surface area contributed by atoms with Crippen LogP contribution in [-0.4, -0.2) is 26.3 Å². The number of methoxy groups -OCH3 is 1. The van der Waals surface area contributed by atoms with Crippen LogP contribution in [0.5, 0.6) is 11.5 Å². The molecule has 0 atom stereocenters. The summed E-state index contributed by atoms with van der Waals surface area (Å²) >= 11 is 6.01. The fourth-order valence-corrected chi connectivity index (χ4v) is 2.15. The van der Waals surface area contributed by atoms with Crippen LogP contribution in [0.2, 0.25) is 5.02 Å². The van der Waals surface area contributed by atoms with E-state index in [9.17, 15) is 13.6 Å². The Bertz CT molecular complexity index is 772. The third-order valence-corrected chi connectivity index (χ3v) is 3.68. The topological polar surface area (TPSA) is 59.6 Å². The molecule has 0 saturated heterocycles. The molecule has 0 fully saturated rings. The molecule has 2 aromatic carbocycles. The molecule has 0 aliphatic rings. The summed E-state index contributed by atoms with van der Waals surface area (Å²) in [6, 6.07) is 6.06. The fraction of sp³-hybridized carbons (Fsp3) is 0.235. The summed E-state index contributed by atoms with van der Waals surface area (Å²) < 4.78 is 36.2. The van der Waals surface area contributed by atoms with Gasteiger partial charge < -0.3 is 20.1 Å². The first-order chi connectivity index (χ1) is 11.9. The highest BCUT2D eigenvalue weighted by molar-refractivity contribution is 6.31. The summed E-state index contributed by atoms with van der Waals surface area (Å²) in [5.41, 5.74) is 1.27. The van der Waals surface area contributed by atoms with Crippen LogP contribution < -0.4 is 20.1 Å². The zero-order valence-electron chi connectivity index (χ0n) is 13.7. The second kappa shape index (κ2) is 8.53. The van der Waals surface area contributed by atoms with E-state index in [0.717, 1.165) is 17.7 Å². The molecule has 2 N–H and O–H groups in total. The highest BCUT2D eigenvalue weighted by atomic mass is 35.5. The summed E-state index contributed by atoms with van der Waals surface area (Å²) in [5, 5.41) is 5.76. The van der Waals surface area contributed by atoms with Gasteiger partial charge in [0.05, 0.1) is 19.3 Å². The number of carbonyl (C=O) groups excluding carboxylic acids is 1. The van der Waals surface area contributed by atoms with Crippen LogP contribution in [0.1, 0.15) is 5.56 Å². The molecule has 5 nitrogen and oxygen atoms in total. The van der Waals surface area contributed by atoms with E-state index in [0.29, 0.717) is 16.5 Å². The molecule has 2 rings (SSSR count). The molecule has 0 heterocycles. The Kier molecular flexibility index (Phi) is 6.41. The molecule has 25 heavy (non-hydrogen) atoms. The highest BCUT2D eigenvalue weighted by Gasteiger charge is 2.10. The van der Waals surface area contributed by atoms with Crippen molar-refractivity contribution in [1.82, 2.24) is 5.32 Å². The minimum Gasteiger partial charge on any atom is -0.495 e. The van der Waals surface area contributed by atoms with Crippen molar-refractivity contribution in [2.45, 2.75) is 6.92 Å². The number of hydrogen-bond donors (Lipinski definition) is 2. The van der Waals surface area contributed by atoms with Crippen LogP contribution in [0.25, 0.3) is 0 Å². The van der Waals surface area contributed by atoms with Crippen molar-refractivity contribution in [3.8, 4) is 11.5 Å². The third-order valence-electron chi connectivity index (χ3n) is 3.28. The SMILES string of the molecule is COc1cc(Cl)c(C)cc1NC(=O)NCCOc1ccc(F)c(F)c1. The van der Waals surface area contributed by atoms with Gasteiger partial charge in [-0.05, 0) is 30.7 Å². The maximum Gasteiger partial charge on any atom is 0.319 e. The zero-order chi connectivity index (χ0) is 18.4. The van der Waals surface area contributed by atoms with Gasteiger partial charge in [-0.15, -0.1) is 0 Å². The van der Waals surface area contributed by atoms with Gasteiger partial charge in [0, 0.05) is 17.2 Å². The second-order valence-electron chi connectivity index (χ2n) is 5.11. The van der Waals surface area contributed by atoms with Gasteiger partial charge in [-0.3, -0.25) is 0 Å². The summed E-state index contributed by atoms with van der Waals surface area (Å²) in [4.78, 5) is 11.9. The molecular weight excluding hydrogens is 354 g/mol. The minimum absolute atomic E-state index is 0.0925. The molecule has 0 aliphatic heterocycles. The molecule has 0 spiro atoms. The molecule has 0 saturated carbocycles. The van der Waals surface area contributed by atoms with E-state index in [4.69, 9.17) is 21.1 Å². The highest BCUT2D eigenvalue weighted by Crippen LogP contribution is 2.30. The van der Waals surface area contributed by atoms with E-state index >= 15 is 0 Å². The normalized spacial score (nSPS) is 10.3. The van der Waals surface area contributed by atoms with Crippen molar-refractivity contribution >= 4 is 23.3 Å². The number of amides is 2. The first-order valence-corrected chi connectivity index (χ1v) is 7.75. The number of aryl methyl sites for hydroxylation is 1. The van der Waals surface area contributed by atoms with E-state index in [2.05, 4.69) is 10.6 Å². The lowest BCUT2D eigenvalue weighted by Gasteiger charge is -2.13. The van der Waals surface area contributed by atoms with Crippen LogP contribution in [-0.2, 0) is 0 Å². The van der Waals surface area contributed by atoms with E-state index in [-0.39, 0.29) is 18.9 Å². The van der Waals surface area contributed by atoms with Gasteiger partial charge in [-0.2, -0.15) is 0 Å². The van der Waals surface area contributed by atoms with Crippen LogP contribution in [0.15, 0.2) is 30.3 Å². The molecule has 0 unspecified atom stereocenters. The summed E-state index contributed by atoms with van der Waals surface area (Å²) in [6.07, 6.45) is 0. The fourth-order valence-electron chi connectivity index (χ4n) is 2.00. The average molecular weight is 371 g/mol. The zero-order valence-corrected chi connectivity index (χ0v) is 14.4. The maximum absolute atomic E-state index is 13.0. The Labute approximate surface area is 148 Å². The first kappa shape index (κ1) is 18.8. The number of ether oxygens (including phenoxy) is 2. The van der Waals surface area contributed by atoms with E-state index < -0.39 is 17.7 Å². The van der Waals surface area contributed by atoms with E-state index in [1.165, 1.54) is 13.2 Å². The van der Waals surface area contributed by atoms with Gasteiger partial charge in [0.2, 0.25) is 0 Å². The van der Waals surface area contributed by atoms with Crippen molar-refractivity contribution in [2.75, 3.05) is 25.6 Å². The van der Waals surface area contributed by atoms with E-state index in [1.807, 2.05) is 0 Å². The van der Waals surface area contributed by atoms with Crippen LogP contribution in [0.4, 0.5) is 19.3 Å². The van der Waals surface area contributed by atoms with Gasteiger partial charge in [0.25, 0.3) is 0 Å². The molecule has 2 amide bonds. The monoisotopic (exact) mass is 370 g/mol. The number of nitrogens with one attached hydrogen (secondary N) is 2. The molecule has 0 bridgehead atoms. The first-order valence-electron chi connectivity index (χ1n) is 7.37. The van der Waals surface area contributed by atoms with Gasteiger partial charge in [-0.1, -0.05) is 11.6 Å². The lowest BCUT2D eigenvalue weighted by Crippen LogP contribution is -2.32. The standard InChI is InChI=1S/C17H17ClF2N2O3/c1-10-7-15(16(24-2)9-12(10)18)22-17(23)21-5-6-25-11-3-4-13(19)14(20)8-11/h3-4,7-9H,5-6H2,1-2H3,(H2,21,22,23). The van der Waals surface area contributed by atoms with Gasteiger partial charge in [0.1, 0.15) is 18.1 Å². The molecule has 0 aliphatic carbocycles. The minimum atomic E-state index is -0.992. The van der Waals surface area contributed by atoms with Crippen molar-refractivity contribution in [3.05, 3.63) is 52.6 Å². The number of hydrogen-bond acceptors (Lipinski definition) is 3. The Morgan fingerprint density at radius 2 is 1.96 bits per heavy atom. The summed E-state index contributed by atoms with van der Waals surface area (Å²) in [6.45, 7) is 2.06. The summed E-state index contributed by atoms with van der Waals surface area (Å²) in [7, 11) is 1.47. The average Bonchev–Trinajstić information content (AvgIpc) is 2.58. The molecule has 8 heteroatoms.